The third kappa shape index (κ3) is 6.55. The van der Waals surface area contributed by atoms with Crippen LogP contribution in [0, 0.1) is 0 Å². The van der Waals surface area contributed by atoms with Crippen molar-refractivity contribution in [3.8, 4) is 5.75 Å². The Hall–Kier alpha value is -2.02. The molecular weight excluding hydrogens is 374 g/mol. The molecule has 2 amide bonds. The molecule has 1 aliphatic rings. The summed E-state index contributed by atoms with van der Waals surface area (Å²) < 4.78 is 5.42. The number of thioether (sulfide) groups is 1. The molecule has 1 aromatic rings. The second-order valence-electron chi connectivity index (χ2n) is 6.67. The number of carbonyl (C=O) groups excluding carboxylic acids is 2. The van der Waals surface area contributed by atoms with Gasteiger partial charge in [-0.3, -0.25) is 19.5 Å². The van der Waals surface area contributed by atoms with Crippen molar-refractivity contribution in [3.05, 3.63) is 24.3 Å². The van der Waals surface area contributed by atoms with Gasteiger partial charge in [0.05, 0.1) is 6.61 Å². The summed E-state index contributed by atoms with van der Waals surface area (Å²) in [6.45, 7) is 8.09. The van der Waals surface area contributed by atoms with E-state index in [1.807, 2.05) is 31.2 Å². The highest BCUT2D eigenvalue weighted by Crippen LogP contribution is 2.28. The van der Waals surface area contributed by atoms with Crippen molar-refractivity contribution in [2.45, 2.75) is 58.1 Å². The van der Waals surface area contributed by atoms with Crippen molar-refractivity contribution in [3.63, 3.8) is 0 Å². The summed E-state index contributed by atoms with van der Waals surface area (Å²) in [6.07, 6.45) is 4.17. The second kappa shape index (κ2) is 11.7. The first-order chi connectivity index (χ1) is 13.6. The predicted octanol–water partition coefficient (Wildman–Crippen LogP) is 4.31. The molecule has 0 saturated carbocycles. The molecule has 6 nitrogen and oxygen atoms in total. The zero-order valence-corrected chi connectivity index (χ0v) is 17.9. The molecular formula is C21H31N3O3S. The largest absolute Gasteiger partial charge is 0.494 e. The van der Waals surface area contributed by atoms with E-state index in [-0.39, 0.29) is 18.2 Å². The van der Waals surface area contributed by atoms with Gasteiger partial charge in [-0.25, -0.2) is 0 Å². The van der Waals surface area contributed by atoms with Crippen LogP contribution in [0.4, 0.5) is 5.69 Å². The van der Waals surface area contributed by atoms with Gasteiger partial charge in [0.1, 0.15) is 11.0 Å². The van der Waals surface area contributed by atoms with Crippen molar-refractivity contribution in [1.82, 2.24) is 4.90 Å². The third-order valence-electron chi connectivity index (χ3n) is 4.36. The van der Waals surface area contributed by atoms with Crippen molar-refractivity contribution < 1.29 is 14.3 Å². The fraction of sp³-hybridized carbons (Fsp3) is 0.571. The van der Waals surface area contributed by atoms with Crippen LogP contribution in [0.1, 0.15) is 52.9 Å². The Balaban J connectivity index is 2.04. The van der Waals surface area contributed by atoms with Crippen LogP contribution in [-0.2, 0) is 9.59 Å². The van der Waals surface area contributed by atoms with Crippen LogP contribution in [-0.4, -0.2) is 46.8 Å². The van der Waals surface area contributed by atoms with Gasteiger partial charge in [-0.05, 0) is 44.0 Å². The second-order valence-corrected chi connectivity index (χ2v) is 7.84. The van der Waals surface area contributed by atoms with Gasteiger partial charge in [0, 0.05) is 25.2 Å². The number of nitrogens with one attached hydrogen (secondary N) is 1. The Labute approximate surface area is 172 Å². The zero-order valence-electron chi connectivity index (χ0n) is 17.1. The minimum Gasteiger partial charge on any atom is -0.494 e. The van der Waals surface area contributed by atoms with Gasteiger partial charge in [0.2, 0.25) is 11.8 Å². The van der Waals surface area contributed by atoms with E-state index in [0.29, 0.717) is 30.6 Å². The van der Waals surface area contributed by atoms with E-state index < -0.39 is 5.25 Å². The van der Waals surface area contributed by atoms with Gasteiger partial charge in [-0.15, -0.1) is 0 Å². The first-order valence-corrected chi connectivity index (χ1v) is 11.0. The molecule has 2 rings (SSSR count). The lowest BCUT2D eigenvalue weighted by Gasteiger charge is -2.31. The topological polar surface area (TPSA) is 71.0 Å². The first-order valence-electron chi connectivity index (χ1n) is 10.1. The molecule has 1 atom stereocenters. The van der Waals surface area contributed by atoms with Crippen molar-refractivity contribution in [2.75, 3.05) is 25.0 Å². The average molecular weight is 406 g/mol. The highest BCUT2D eigenvalue weighted by atomic mass is 32.2. The minimum atomic E-state index is -0.461. The summed E-state index contributed by atoms with van der Waals surface area (Å²) in [5.74, 6) is 0.578. The van der Waals surface area contributed by atoms with Crippen LogP contribution >= 0.6 is 11.8 Å². The molecule has 0 aromatic heterocycles. The summed E-state index contributed by atoms with van der Waals surface area (Å²) in [4.78, 5) is 31.8. The number of amidine groups is 1. The Kier molecular flexibility index (Phi) is 9.34. The number of ether oxygens (including phenoxy) is 1. The summed E-state index contributed by atoms with van der Waals surface area (Å²) in [5.41, 5.74) is 0.694. The van der Waals surface area contributed by atoms with Gasteiger partial charge in [-0.2, -0.15) is 0 Å². The lowest BCUT2D eigenvalue weighted by Crippen LogP contribution is -2.45. The molecule has 0 aliphatic carbocycles. The van der Waals surface area contributed by atoms with E-state index in [9.17, 15) is 9.59 Å². The normalized spacial score (nSPS) is 18.4. The van der Waals surface area contributed by atoms with Gasteiger partial charge in [0.25, 0.3) is 0 Å². The molecule has 28 heavy (non-hydrogen) atoms. The lowest BCUT2D eigenvalue weighted by atomic mass is 10.2. The molecule has 1 fully saturated rings. The lowest BCUT2D eigenvalue weighted by molar-refractivity contribution is -0.129. The monoisotopic (exact) mass is 405 g/mol. The smallest absolute Gasteiger partial charge is 0.238 e. The van der Waals surface area contributed by atoms with E-state index in [0.717, 1.165) is 31.4 Å². The summed E-state index contributed by atoms with van der Waals surface area (Å²) in [7, 11) is 0. The highest BCUT2D eigenvalue weighted by molar-refractivity contribution is 8.15. The van der Waals surface area contributed by atoms with E-state index in [2.05, 4.69) is 24.2 Å². The number of hydrogen-bond acceptors (Lipinski definition) is 5. The molecule has 1 heterocycles. The van der Waals surface area contributed by atoms with E-state index in [1.165, 1.54) is 11.8 Å². The first kappa shape index (κ1) is 22.3. The van der Waals surface area contributed by atoms with Crippen molar-refractivity contribution in [1.29, 1.82) is 0 Å². The van der Waals surface area contributed by atoms with Gasteiger partial charge < -0.3 is 10.1 Å². The van der Waals surface area contributed by atoms with Crippen molar-refractivity contribution >= 4 is 34.4 Å². The third-order valence-corrected chi connectivity index (χ3v) is 5.58. The molecule has 1 N–H and O–H groups in total. The number of unbranched alkanes of at least 4 members (excludes halogenated alkanes) is 2. The summed E-state index contributed by atoms with van der Waals surface area (Å²) in [6, 6.07) is 7.26. The van der Waals surface area contributed by atoms with Gasteiger partial charge in [-0.1, -0.05) is 38.5 Å². The van der Waals surface area contributed by atoms with Crippen LogP contribution in [0.2, 0.25) is 0 Å². The standard InChI is InChI=1S/C21H31N3O3S/c1-4-7-13-22-21-24(14-8-5-2)19(25)15-18(28-21)20(26)23-16-9-11-17(12-10-16)27-6-3/h9-12,18H,4-8,13-15H2,1-3H3,(H,23,26)/t18-/m1/s1. The fourth-order valence-electron chi connectivity index (χ4n) is 2.77. The maximum atomic E-state index is 12.7. The molecule has 0 bridgehead atoms. The van der Waals surface area contributed by atoms with Crippen LogP contribution in [0.15, 0.2) is 29.3 Å². The molecule has 1 aromatic carbocycles. The van der Waals surface area contributed by atoms with Gasteiger partial charge >= 0.3 is 0 Å². The molecule has 0 unspecified atom stereocenters. The number of nitrogens with zero attached hydrogens (tertiary/aromatic N) is 2. The summed E-state index contributed by atoms with van der Waals surface area (Å²) in [5, 5.41) is 3.13. The molecule has 0 spiro atoms. The Bertz CT molecular complexity index is 676. The summed E-state index contributed by atoms with van der Waals surface area (Å²) >= 11 is 1.40. The van der Waals surface area contributed by atoms with E-state index in [4.69, 9.17) is 4.74 Å². The quantitative estimate of drug-likeness (QED) is 0.589. The number of carbonyl (C=O) groups is 2. The number of hydrogen-bond donors (Lipinski definition) is 1. The molecule has 0 radical (unpaired) electrons. The Morgan fingerprint density at radius 3 is 2.57 bits per heavy atom. The number of rotatable bonds is 10. The molecule has 1 saturated heterocycles. The van der Waals surface area contributed by atoms with Crippen molar-refractivity contribution in [2.24, 2.45) is 4.99 Å². The molecule has 1 aliphatic heterocycles. The highest BCUT2D eigenvalue weighted by Gasteiger charge is 2.35. The van der Waals surface area contributed by atoms with E-state index in [1.54, 1.807) is 4.90 Å². The van der Waals surface area contributed by atoms with Crippen LogP contribution in [0.3, 0.4) is 0 Å². The minimum absolute atomic E-state index is 0.0192. The maximum absolute atomic E-state index is 12.7. The van der Waals surface area contributed by atoms with Gasteiger partial charge in [0.15, 0.2) is 5.17 Å². The van der Waals surface area contributed by atoms with E-state index >= 15 is 0 Å². The van der Waals surface area contributed by atoms with Crippen LogP contribution in [0.25, 0.3) is 0 Å². The number of aliphatic imine (C=N–C) groups is 1. The fourth-order valence-corrected chi connectivity index (χ4v) is 3.90. The zero-order chi connectivity index (χ0) is 20.4. The maximum Gasteiger partial charge on any atom is 0.238 e. The van der Waals surface area contributed by atoms with Crippen LogP contribution < -0.4 is 10.1 Å². The number of benzene rings is 1. The Morgan fingerprint density at radius 2 is 1.93 bits per heavy atom. The number of anilines is 1. The average Bonchev–Trinajstić information content (AvgIpc) is 2.69. The number of amides is 2. The Morgan fingerprint density at radius 1 is 1.21 bits per heavy atom. The predicted molar refractivity (Wildman–Crippen MR) is 116 cm³/mol. The SMILES string of the molecule is CCCCN=C1S[C@@H](C(=O)Nc2ccc(OCC)cc2)CC(=O)N1CCCC. The van der Waals surface area contributed by atoms with Crippen LogP contribution in [0.5, 0.6) is 5.75 Å². The molecule has 7 heteroatoms. The molecule has 154 valence electrons.